The normalized spacial score (nSPS) is 9.56. The number of hydrogen-bond donors (Lipinski definition) is 1. The van der Waals surface area contributed by atoms with Crippen LogP contribution in [0.4, 0.5) is 5.69 Å². The van der Waals surface area contributed by atoms with Gasteiger partial charge in [0.15, 0.2) is 6.73 Å². The molecule has 1 heterocycles. The molecule has 0 unspecified atom stereocenters. The van der Waals surface area contributed by atoms with Gasteiger partial charge in [-0.1, -0.05) is 17.7 Å². The van der Waals surface area contributed by atoms with E-state index in [9.17, 15) is 0 Å². The summed E-state index contributed by atoms with van der Waals surface area (Å²) in [6, 6.07) is 7.88. The van der Waals surface area contributed by atoms with E-state index in [1.165, 1.54) is 5.56 Å². The summed E-state index contributed by atoms with van der Waals surface area (Å²) in [4.78, 5) is 0. The number of benzene rings is 1. The predicted octanol–water partition coefficient (Wildman–Crippen LogP) is 2.23. The summed E-state index contributed by atoms with van der Waals surface area (Å²) in [5, 5.41) is 4.02. The maximum atomic E-state index is 5.53. The quantitative estimate of drug-likeness (QED) is 0.894. The Morgan fingerprint density at radius 3 is 2.56 bits per heavy atom. The van der Waals surface area contributed by atoms with Crippen molar-refractivity contribution < 1.29 is 4.74 Å². The zero-order valence-corrected chi connectivity index (χ0v) is 9.78. The fraction of sp³-hybridized carbons (Fsp3) is 0.182. The number of aromatic nitrogens is 2. The molecule has 1 aromatic carbocycles. The molecule has 0 fully saturated rings. The number of halogens is 1. The van der Waals surface area contributed by atoms with Gasteiger partial charge >= 0.3 is 0 Å². The molecule has 0 aliphatic carbocycles. The standard InChI is InChI=1S/C11H13N3O.ClH/c1-9-2-4-11(5-3-9)15-8-14-7-10(12)6-13-14;/h2-7H,8,12H2,1H3;1H. The highest BCUT2D eigenvalue weighted by Gasteiger charge is 1.95. The summed E-state index contributed by atoms with van der Waals surface area (Å²) in [7, 11) is 0. The summed E-state index contributed by atoms with van der Waals surface area (Å²) in [6.07, 6.45) is 3.33. The molecular formula is C11H14ClN3O. The number of nitrogen functional groups attached to an aromatic ring is 1. The van der Waals surface area contributed by atoms with Crippen LogP contribution in [0.3, 0.4) is 0 Å². The fourth-order valence-corrected chi connectivity index (χ4v) is 1.23. The van der Waals surface area contributed by atoms with Crippen LogP contribution in [0.15, 0.2) is 36.7 Å². The molecule has 0 spiro atoms. The van der Waals surface area contributed by atoms with Crippen molar-refractivity contribution in [1.82, 2.24) is 9.78 Å². The summed E-state index contributed by atoms with van der Waals surface area (Å²) >= 11 is 0. The van der Waals surface area contributed by atoms with E-state index >= 15 is 0 Å². The van der Waals surface area contributed by atoms with Crippen molar-refractivity contribution in [2.24, 2.45) is 0 Å². The molecule has 0 aliphatic heterocycles. The molecular weight excluding hydrogens is 226 g/mol. The first kappa shape index (κ1) is 12.4. The second-order valence-electron chi connectivity index (χ2n) is 3.40. The van der Waals surface area contributed by atoms with E-state index in [1.54, 1.807) is 17.1 Å². The highest BCUT2D eigenvalue weighted by Crippen LogP contribution is 2.12. The first-order chi connectivity index (χ1) is 7.24. The lowest BCUT2D eigenvalue weighted by molar-refractivity contribution is 0.221. The van der Waals surface area contributed by atoms with Crippen LogP contribution < -0.4 is 10.5 Å². The number of nitrogens with zero attached hydrogens (tertiary/aromatic N) is 2. The Morgan fingerprint density at radius 1 is 1.31 bits per heavy atom. The molecule has 2 N–H and O–H groups in total. The fourth-order valence-electron chi connectivity index (χ4n) is 1.23. The molecule has 0 saturated carbocycles. The minimum Gasteiger partial charge on any atom is -0.471 e. The molecule has 0 saturated heterocycles. The maximum absolute atomic E-state index is 5.53. The zero-order valence-electron chi connectivity index (χ0n) is 8.96. The van der Waals surface area contributed by atoms with Crippen molar-refractivity contribution in [2.75, 3.05) is 5.73 Å². The topological polar surface area (TPSA) is 53.1 Å². The Morgan fingerprint density at radius 2 is 2.00 bits per heavy atom. The molecule has 2 aromatic rings. The molecule has 4 nitrogen and oxygen atoms in total. The van der Waals surface area contributed by atoms with Crippen molar-refractivity contribution in [3.05, 3.63) is 42.2 Å². The smallest absolute Gasteiger partial charge is 0.180 e. The van der Waals surface area contributed by atoms with Crippen LogP contribution in [-0.4, -0.2) is 9.78 Å². The van der Waals surface area contributed by atoms with E-state index in [0.717, 1.165) is 5.75 Å². The molecule has 0 bridgehead atoms. The van der Waals surface area contributed by atoms with Crippen molar-refractivity contribution in [3.8, 4) is 5.75 Å². The Bertz CT molecular complexity index is 439. The largest absolute Gasteiger partial charge is 0.471 e. The average Bonchev–Trinajstić information content (AvgIpc) is 2.64. The molecule has 0 amide bonds. The Labute approximate surface area is 100 Å². The SMILES string of the molecule is Cc1ccc(OCn2cc(N)cn2)cc1.Cl. The summed E-state index contributed by atoms with van der Waals surface area (Å²) in [5.41, 5.74) is 7.38. The van der Waals surface area contributed by atoms with Crippen LogP contribution in [0.1, 0.15) is 5.56 Å². The molecule has 0 aliphatic rings. The molecule has 2 rings (SSSR count). The number of anilines is 1. The number of ether oxygens (including phenoxy) is 1. The third kappa shape index (κ3) is 3.17. The van der Waals surface area contributed by atoms with Gasteiger partial charge in [0.05, 0.1) is 18.1 Å². The lowest BCUT2D eigenvalue weighted by Crippen LogP contribution is -2.05. The van der Waals surface area contributed by atoms with Gasteiger partial charge in [-0.25, -0.2) is 4.68 Å². The molecule has 86 valence electrons. The summed E-state index contributed by atoms with van der Waals surface area (Å²) in [5.74, 6) is 0.828. The second-order valence-corrected chi connectivity index (χ2v) is 3.40. The van der Waals surface area contributed by atoms with Gasteiger partial charge in [-0.05, 0) is 19.1 Å². The lowest BCUT2D eigenvalue weighted by atomic mass is 10.2. The van der Waals surface area contributed by atoms with Gasteiger partial charge < -0.3 is 10.5 Å². The third-order valence-corrected chi connectivity index (χ3v) is 2.04. The van der Waals surface area contributed by atoms with Crippen LogP contribution in [0.5, 0.6) is 5.75 Å². The molecule has 0 atom stereocenters. The van der Waals surface area contributed by atoms with Crippen molar-refractivity contribution >= 4 is 18.1 Å². The number of aryl methyl sites for hydroxylation is 1. The summed E-state index contributed by atoms with van der Waals surface area (Å²) < 4.78 is 7.15. The number of hydrogen-bond acceptors (Lipinski definition) is 3. The van der Waals surface area contributed by atoms with Crippen LogP contribution in [0.25, 0.3) is 0 Å². The van der Waals surface area contributed by atoms with Crippen molar-refractivity contribution in [3.63, 3.8) is 0 Å². The van der Waals surface area contributed by atoms with Crippen LogP contribution in [0.2, 0.25) is 0 Å². The highest BCUT2D eigenvalue weighted by atomic mass is 35.5. The average molecular weight is 240 g/mol. The minimum absolute atomic E-state index is 0. The molecule has 1 aromatic heterocycles. The summed E-state index contributed by atoms with van der Waals surface area (Å²) in [6.45, 7) is 2.41. The van der Waals surface area contributed by atoms with E-state index in [-0.39, 0.29) is 12.4 Å². The lowest BCUT2D eigenvalue weighted by Gasteiger charge is -2.05. The zero-order chi connectivity index (χ0) is 10.7. The van der Waals surface area contributed by atoms with Gasteiger partial charge in [-0.2, -0.15) is 5.10 Å². The van der Waals surface area contributed by atoms with E-state index in [2.05, 4.69) is 5.10 Å². The molecule has 0 radical (unpaired) electrons. The predicted molar refractivity (Wildman–Crippen MR) is 65.7 cm³/mol. The minimum atomic E-state index is 0. The van der Waals surface area contributed by atoms with E-state index in [4.69, 9.17) is 10.5 Å². The Kier molecular flexibility index (Phi) is 4.19. The first-order valence-electron chi connectivity index (χ1n) is 4.71. The van der Waals surface area contributed by atoms with Gasteiger partial charge in [-0.15, -0.1) is 12.4 Å². The van der Waals surface area contributed by atoms with Gasteiger partial charge in [0.1, 0.15) is 5.75 Å². The van der Waals surface area contributed by atoms with Crippen molar-refractivity contribution in [1.29, 1.82) is 0 Å². The van der Waals surface area contributed by atoms with Gasteiger partial charge in [-0.3, -0.25) is 0 Å². The first-order valence-corrected chi connectivity index (χ1v) is 4.71. The van der Waals surface area contributed by atoms with E-state index in [0.29, 0.717) is 12.4 Å². The number of rotatable bonds is 3. The Hall–Kier alpha value is -1.68. The highest BCUT2D eigenvalue weighted by molar-refractivity contribution is 5.85. The number of nitrogens with two attached hydrogens (primary N) is 1. The van der Waals surface area contributed by atoms with Gasteiger partial charge in [0, 0.05) is 0 Å². The molecule has 5 heteroatoms. The van der Waals surface area contributed by atoms with Gasteiger partial charge in [0.2, 0.25) is 0 Å². The van der Waals surface area contributed by atoms with Crippen LogP contribution >= 0.6 is 12.4 Å². The monoisotopic (exact) mass is 239 g/mol. The molecule has 16 heavy (non-hydrogen) atoms. The van der Waals surface area contributed by atoms with Crippen molar-refractivity contribution in [2.45, 2.75) is 13.7 Å². The third-order valence-electron chi connectivity index (χ3n) is 2.04. The van der Waals surface area contributed by atoms with E-state index in [1.807, 2.05) is 31.2 Å². The van der Waals surface area contributed by atoms with E-state index < -0.39 is 0 Å². The Balaban J connectivity index is 0.00000128. The van der Waals surface area contributed by atoms with Crippen LogP contribution in [0, 0.1) is 6.92 Å². The maximum Gasteiger partial charge on any atom is 0.180 e. The van der Waals surface area contributed by atoms with Gasteiger partial charge in [0.25, 0.3) is 0 Å². The second kappa shape index (κ2) is 5.42. The van der Waals surface area contributed by atoms with Crippen LogP contribution in [-0.2, 0) is 6.73 Å².